The lowest BCUT2D eigenvalue weighted by Gasteiger charge is -2.08. The van der Waals surface area contributed by atoms with Crippen LogP contribution in [0.4, 0.5) is 11.6 Å². The third kappa shape index (κ3) is 3.69. The molecule has 1 amide bonds. The van der Waals surface area contributed by atoms with Crippen molar-refractivity contribution < 1.29 is 19.1 Å². The Kier molecular flexibility index (Phi) is 4.86. The third-order valence-electron chi connectivity index (χ3n) is 5.48. The van der Waals surface area contributed by atoms with Crippen molar-refractivity contribution in [2.45, 2.75) is 6.42 Å². The Morgan fingerprint density at radius 2 is 1.79 bits per heavy atom. The molecule has 0 unspecified atom stereocenters. The van der Waals surface area contributed by atoms with Crippen molar-refractivity contribution in [2.24, 2.45) is 7.05 Å². The van der Waals surface area contributed by atoms with Gasteiger partial charge in [0, 0.05) is 49.2 Å². The minimum absolute atomic E-state index is 0.0735. The fourth-order valence-electron chi connectivity index (χ4n) is 3.78. The SMILES string of the molecule is CNC(=O)c1cc(Oc2ccc3c(c2)nc(Nc2ccc4c(c2)C(=O)CC4=O)n3C)ccn1. The van der Waals surface area contributed by atoms with Crippen LogP contribution in [0.2, 0.25) is 0 Å². The second kappa shape index (κ2) is 7.86. The fourth-order valence-corrected chi connectivity index (χ4v) is 3.78. The van der Waals surface area contributed by atoms with Crippen molar-refractivity contribution in [1.82, 2.24) is 19.9 Å². The second-order valence-corrected chi connectivity index (χ2v) is 7.61. The molecule has 0 fully saturated rings. The lowest BCUT2D eigenvalue weighted by Crippen LogP contribution is -2.18. The highest BCUT2D eigenvalue weighted by Crippen LogP contribution is 2.30. The molecule has 0 spiro atoms. The molecule has 2 heterocycles. The Bertz CT molecular complexity index is 1460. The first-order chi connectivity index (χ1) is 15.9. The van der Waals surface area contributed by atoms with E-state index in [1.165, 1.54) is 6.20 Å². The van der Waals surface area contributed by atoms with Gasteiger partial charge < -0.3 is 19.9 Å². The first-order valence-corrected chi connectivity index (χ1v) is 10.2. The predicted molar refractivity (Wildman–Crippen MR) is 121 cm³/mol. The fraction of sp³-hybridized carbons (Fsp3) is 0.125. The zero-order valence-electron chi connectivity index (χ0n) is 17.9. The molecule has 1 aliphatic rings. The highest BCUT2D eigenvalue weighted by Gasteiger charge is 2.27. The van der Waals surface area contributed by atoms with Gasteiger partial charge in [-0.1, -0.05) is 0 Å². The summed E-state index contributed by atoms with van der Waals surface area (Å²) in [6.07, 6.45) is 1.44. The molecule has 2 aromatic carbocycles. The van der Waals surface area contributed by atoms with Gasteiger partial charge in [-0.25, -0.2) is 4.98 Å². The summed E-state index contributed by atoms with van der Waals surface area (Å²) in [6, 6.07) is 13.8. The van der Waals surface area contributed by atoms with Gasteiger partial charge in [-0.05, 0) is 36.4 Å². The van der Waals surface area contributed by atoms with E-state index < -0.39 is 0 Å². The van der Waals surface area contributed by atoms with Crippen molar-refractivity contribution in [3.63, 3.8) is 0 Å². The number of rotatable bonds is 5. The molecular formula is C24H19N5O4. The summed E-state index contributed by atoms with van der Waals surface area (Å²) in [5.74, 6) is 1.01. The van der Waals surface area contributed by atoms with E-state index in [4.69, 9.17) is 4.74 Å². The van der Waals surface area contributed by atoms with Crippen molar-refractivity contribution >= 4 is 40.1 Å². The molecule has 0 atom stereocenters. The van der Waals surface area contributed by atoms with Crippen molar-refractivity contribution in [3.8, 4) is 11.5 Å². The molecule has 2 N–H and O–H groups in total. The minimum atomic E-state index is -0.297. The number of aryl methyl sites for hydroxylation is 1. The van der Waals surface area contributed by atoms with Gasteiger partial charge in [-0.3, -0.25) is 19.4 Å². The topological polar surface area (TPSA) is 115 Å². The molecular weight excluding hydrogens is 422 g/mol. The van der Waals surface area contributed by atoms with E-state index in [9.17, 15) is 14.4 Å². The standard InChI is InChI=1S/C24H19N5O4/c1-25-23(32)19-11-15(7-8-26-19)33-14-4-6-20-18(10-14)28-24(29(20)2)27-13-3-5-16-17(9-13)22(31)12-21(16)30/h3-11H,12H2,1-2H3,(H,25,32)(H,27,28). The smallest absolute Gasteiger partial charge is 0.269 e. The van der Waals surface area contributed by atoms with E-state index in [0.717, 1.165) is 5.52 Å². The quantitative estimate of drug-likeness (QED) is 0.455. The molecule has 9 heteroatoms. The van der Waals surface area contributed by atoms with E-state index in [-0.39, 0.29) is 29.6 Å². The highest BCUT2D eigenvalue weighted by atomic mass is 16.5. The number of imidazole rings is 1. The van der Waals surface area contributed by atoms with Crippen LogP contribution in [0.5, 0.6) is 11.5 Å². The van der Waals surface area contributed by atoms with Crippen molar-refractivity contribution in [1.29, 1.82) is 0 Å². The zero-order valence-corrected chi connectivity index (χ0v) is 17.9. The van der Waals surface area contributed by atoms with Gasteiger partial charge in [0.2, 0.25) is 5.95 Å². The van der Waals surface area contributed by atoms with Crippen LogP contribution in [0.1, 0.15) is 37.6 Å². The number of hydrogen-bond donors (Lipinski definition) is 2. The zero-order chi connectivity index (χ0) is 23.1. The Labute approximate surface area is 188 Å². The first kappa shape index (κ1) is 20.4. The van der Waals surface area contributed by atoms with Gasteiger partial charge in [-0.15, -0.1) is 0 Å². The number of nitrogens with zero attached hydrogens (tertiary/aromatic N) is 3. The number of Topliss-reactive ketones (excluding diaryl/α,β-unsaturated/α-hetero) is 2. The highest BCUT2D eigenvalue weighted by molar-refractivity contribution is 6.24. The van der Waals surface area contributed by atoms with Crippen LogP contribution in [-0.2, 0) is 7.05 Å². The number of carbonyl (C=O) groups is 3. The number of nitrogens with one attached hydrogen (secondary N) is 2. The number of benzene rings is 2. The number of aromatic nitrogens is 3. The molecule has 33 heavy (non-hydrogen) atoms. The number of pyridine rings is 1. The number of anilines is 2. The van der Waals surface area contributed by atoms with Crippen LogP contribution >= 0.6 is 0 Å². The Balaban J connectivity index is 1.41. The van der Waals surface area contributed by atoms with Crippen LogP contribution < -0.4 is 15.4 Å². The minimum Gasteiger partial charge on any atom is -0.457 e. The maximum atomic E-state index is 12.0. The largest absolute Gasteiger partial charge is 0.457 e. The second-order valence-electron chi connectivity index (χ2n) is 7.61. The molecule has 0 saturated carbocycles. The van der Waals surface area contributed by atoms with Crippen LogP contribution in [0.25, 0.3) is 11.0 Å². The summed E-state index contributed by atoms with van der Waals surface area (Å²) >= 11 is 0. The predicted octanol–water partition coefficient (Wildman–Crippen LogP) is 3.63. The van der Waals surface area contributed by atoms with Gasteiger partial charge >= 0.3 is 0 Å². The number of carbonyl (C=O) groups excluding carboxylic acids is 3. The molecule has 9 nitrogen and oxygen atoms in total. The average Bonchev–Trinajstić information content (AvgIpc) is 3.28. The van der Waals surface area contributed by atoms with Crippen molar-refractivity contribution in [2.75, 3.05) is 12.4 Å². The van der Waals surface area contributed by atoms with Gasteiger partial charge in [0.05, 0.1) is 17.5 Å². The average molecular weight is 441 g/mol. The molecule has 164 valence electrons. The van der Waals surface area contributed by atoms with Crippen LogP contribution in [-0.4, -0.2) is 39.1 Å². The number of fused-ring (bicyclic) bond motifs is 2. The Morgan fingerprint density at radius 1 is 1.00 bits per heavy atom. The molecule has 0 bridgehead atoms. The molecule has 2 aromatic heterocycles. The van der Waals surface area contributed by atoms with E-state index in [2.05, 4.69) is 20.6 Å². The lowest BCUT2D eigenvalue weighted by molar-refractivity contribution is 0.0919. The summed E-state index contributed by atoms with van der Waals surface area (Å²) in [5.41, 5.74) is 3.41. The van der Waals surface area contributed by atoms with E-state index in [1.54, 1.807) is 43.4 Å². The molecule has 0 saturated heterocycles. The maximum absolute atomic E-state index is 12.0. The van der Waals surface area contributed by atoms with Gasteiger partial charge in [0.15, 0.2) is 11.6 Å². The monoisotopic (exact) mass is 441 g/mol. The van der Waals surface area contributed by atoms with Gasteiger partial charge in [0.25, 0.3) is 5.91 Å². The summed E-state index contributed by atoms with van der Waals surface area (Å²) in [4.78, 5) is 44.4. The summed E-state index contributed by atoms with van der Waals surface area (Å²) < 4.78 is 7.79. The summed E-state index contributed by atoms with van der Waals surface area (Å²) in [7, 11) is 3.41. The number of amides is 1. The number of hydrogen-bond acceptors (Lipinski definition) is 7. The Morgan fingerprint density at radius 3 is 2.61 bits per heavy atom. The third-order valence-corrected chi connectivity index (χ3v) is 5.48. The van der Waals surface area contributed by atoms with Gasteiger partial charge in [-0.2, -0.15) is 0 Å². The van der Waals surface area contributed by atoms with E-state index in [0.29, 0.717) is 39.8 Å². The Hall–Kier alpha value is -4.53. The summed E-state index contributed by atoms with van der Waals surface area (Å²) in [5, 5.41) is 5.75. The molecule has 5 rings (SSSR count). The first-order valence-electron chi connectivity index (χ1n) is 10.2. The molecule has 4 aromatic rings. The normalized spacial score (nSPS) is 12.7. The summed E-state index contributed by atoms with van der Waals surface area (Å²) in [6.45, 7) is 0. The molecule has 0 aliphatic heterocycles. The molecule has 0 radical (unpaired) electrons. The van der Waals surface area contributed by atoms with E-state index in [1.807, 2.05) is 23.7 Å². The number of ketones is 2. The van der Waals surface area contributed by atoms with Crippen LogP contribution in [0.15, 0.2) is 54.7 Å². The van der Waals surface area contributed by atoms with Crippen molar-refractivity contribution in [3.05, 3.63) is 71.5 Å². The maximum Gasteiger partial charge on any atom is 0.269 e. The van der Waals surface area contributed by atoms with Crippen LogP contribution in [0, 0.1) is 0 Å². The number of ether oxygens (including phenoxy) is 1. The molecule has 1 aliphatic carbocycles. The van der Waals surface area contributed by atoms with E-state index >= 15 is 0 Å². The van der Waals surface area contributed by atoms with Gasteiger partial charge in [0.1, 0.15) is 17.2 Å². The van der Waals surface area contributed by atoms with Crippen LogP contribution in [0.3, 0.4) is 0 Å². The lowest BCUT2D eigenvalue weighted by atomic mass is 10.1.